The molecule has 0 saturated heterocycles. The van der Waals surface area contributed by atoms with E-state index in [9.17, 15) is 0 Å². The Morgan fingerprint density at radius 2 is 1.92 bits per heavy atom. The zero-order valence-corrected chi connectivity index (χ0v) is 9.93. The molecule has 0 aromatic heterocycles. The van der Waals surface area contributed by atoms with Crippen molar-refractivity contribution in [3.63, 3.8) is 0 Å². The van der Waals surface area contributed by atoms with E-state index in [1.54, 1.807) is 0 Å². The van der Waals surface area contributed by atoms with Crippen LogP contribution >= 0.6 is 0 Å². The highest BCUT2D eigenvalue weighted by atomic mass is 15.2. The van der Waals surface area contributed by atoms with E-state index in [0.29, 0.717) is 0 Å². The first kappa shape index (κ1) is 12.9. The summed E-state index contributed by atoms with van der Waals surface area (Å²) in [5.41, 5.74) is 5.86. The van der Waals surface area contributed by atoms with Crippen molar-refractivity contribution >= 4 is 0 Å². The normalized spacial score (nSPS) is 15.0. The SMILES string of the molecule is CCCC(C)CN(C)C(C)(C)CN. The van der Waals surface area contributed by atoms with Gasteiger partial charge in [-0.05, 0) is 33.2 Å². The fourth-order valence-corrected chi connectivity index (χ4v) is 1.45. The third-order valence-electron chi connectivity index (χ3n) is 2.90. The van der Waals surface area contributed by atoms with E-state index in [1.807, 2.05) is 0 Å². The Hall–Kier alpha value is -0.0800. The molecule has 0 amide bonds. The van der Waals surface area contributed by atoms with Gasteiger partial charge in [0, 0.05) is 18.6 Å². The summed E-state index contributed by atoms with van der Waals surface area (Å²) in [7, 11) is 2.17. The van der Waals surface area contributed by atoms with Gasteiger partial charge in [0.1, 0.15) is 0 Å². The molecule has 0 saturated carbocycles. The van der Waals surface area contributed by atoms with Gasteiger partial charge in [0.15, 0.2) is 0 Å². The second kappa shape index (κ2) is 5.61. The Balaban J connectivity index is 3.91. The summed E-state index contributed by atoms with van der Waals surface area (Å²) in [6, 6.07) is 0. The molecule has 13 heavy (non-hydrogen) atoms. The van der Waals surface area contributed by atoms with Gasteiger partial charge in [-0.2, -0.15) is 0 Å². The molecule has 1 atom stereocenters. The largest absolute Gasteiger partial charge is 0.329 e. The van der Waals surface area contributed by atoms with E-state index in [1.165, 1.54) is 12.8 Å². The Labute approximate surface area is 83.5 Å². The Morgan fingerprint density at radius 3 is 2.31 bits per heavy atom. The first-order valence-electron chi connectivity index (χ1n) is 5.35. The van der Waals surface area contributed by atoms with E-state index in [4.69, 9.17) is 5.73 Å². The average Bonchev–Trinajstić information content (AvgIpc) is 2.04. The predicted octanol–water partition coefficient (Wildman–Crippen LogP) is 2.09. The minimum Gasteiger partial charge on any atom is -0.329 e. The second-order valence-corrected chi connectivity index (χ2v) is 4.79. The average molecular weight is 186 g/mol. The van der Waals surface area contributed by atoms with Crippen molar-refractivity contribution in [1.29, 1.82) is 0 Å². The summed E-state index contributed by atoms with van der Waals surface area (Å²) in [5.74, 6) is 0.779. The highest BCUT2D eigenvalue weighted by molar-refractivity contribution is 4.80. The number of nitrogens with zero attached hydrogens (tertiary/aromatic N) is 1. The summed E-state index contributed by atoms with van der Waals surface area (Å²) in [6.07, 6.45) is 2.59. The van der Waals surface area contributed by atoms with Crippen molar-refractivity contribution in [2.24, 2.45) is 11.7 Å². The zero-order chi connectivity index (χ0) is 10.5. The molecule has 0 rings (SSSR count). The summed E-state index contributed by atoms with van der Waals surface area (Å²) in [6.45, 7) is 10.8. The van der Waals surface area contributed by atoms with Crippen LogP contribution in [0.2, 0.25) is 0 Å². The highest BCUT2D eigenvalue weighted by Crippen LogP contribution is 2.14. The summed E-state index contributed by atoms with van der Waals surface area (Å²) >= 11 is 0. The number of hydrogen-bond acceptors (Lipinski definition) is 2. The van der Waals surface area contributed by atoms with Gasteiger partial charge in [0.2, 0.25) is 0 Å². The van der Waals surface area contributed by atoms with Gasteiger partial charge >= 0.3 is 0 Å². The van der Waals surface area contributed by atoms with Crippen LogP contribution in [0.1, 0.15) is 40.5 Å². The van der Waals surface area contributed by atoms with Gasteiger partial charge in [0.05, 0.1) is 0 Å². The third-order valence-corrected chi connectivity index (χ3v) is 2.90. The number of hydrogen-bond donors (Lipinski definition) is 1. The smallest absolute Gasteiger partial charge is 0.0272 e. The molecule has 0 aromatic rings. The van der Waals surface area contributed by atoms with Gasteiger partial charge in [-0.3, -0.25) is 4.90 Å². The molecular formula is C11H26N2. The Bertz CT molecular complexity index is 132. The molecule has 0 heterocycles. The maximum Gasteiger partial charge on any atom is 0.0272 e. The predicted molar refractivity (Wildman–Crippen MR) is 59.8 cm³/mol. The molecule has 0 radical (unpaired) electrons. The van der Waals surface area contributed by atoms with Crippen LogP contribution in [0.25, 0.3) is 0 Å². The molecule has 1 unspecified atom stereocenters. The highest BCUT2D eigenvalue weighted by Gasteiger charge is 2.22. The lowest BCUT2D eigenvalue weighted by molar-refractivity contribution is 0.140. The fraction of sp³-hybridized carbons (Fsp3) is 1.00. The van der Waals surface area contributed by atoms with Gasteiger partial charge in [-0.25, -0.2) is 0 Å². The van der Waals surface area contributed by atoms with E-state index < -0.39 is 0 Å². The van der Waals surface area contributed by atoms with Crippen molar-refractivity contribution in [3.8, 4) is 0 Å². The molecule has 2 heteroatoms. The second-order valence-electron chi connectivity index (χ2n) is 4.79. The van der Waals surface area contributed by atoms with Crippen molar-refractivity contribution < 1.29 is 0 Å². The molecule has 0 aromatic carbocycles. The maximum absolute atomic E-state index is 5.72. The first-order chi connectivity index (χ1) is 5.94. The van der Waals surface area contributed by atoms with Crippen LogP contribution in [-0.2, 0) is 0 Å². The van der Waals surface area contributed by atoms with Crippen LogP contribution in [0.5, 0.6) is 0 Å². The molecule has 0 aliphatic heterocycles. The molecule has 2 N–H and O–H groups in total. The standard InChI is InChI=1S/C11H26N2/c1-6-7-10(2)8-13(5)11(3,4)9-12/h10H,6-9,12H2,1-5H3. The fourth-order valence-electron chi connectivity index (χ4n) is 1.45. The summed E-state index contributed by atoms with van der Waals surface area (Å²) in [4.78, 5) is 2.37. The lowest BCUT2D eigenvalue weighted by atomic mass is 10.00. The van der Waals surface area contributed by atoms with Crippen LogP contribution in [0.4, 0.5) is 0 Å². The topological polar surface area (TPSA) is 29.3 Å². The van der Waals surface area contributed by atoms with Crippen molar-refractivity contribution in [3.05, 3.63) is 0 Å². The minimum atomic E-state index is 0.141. The minimum absolute atomic E-state index is 0.141. The van der Waals surface area contributed by atoms with Crippen LogP contribution in [0.15, 0.2) is 0 Å². The van der Waals surface area contributed by atoms with Gasteiger partial charge in [-0.1, -0.05) is 20.3 Å². The molecule has 0 aliphatic rings. The van der Waals surface area contributed by atoms with Gasteiger partial charge in [-0.15, -0.1) is 0 Å². The molecule has 0 fully saturated rings. The monoisotopic (exact) mass is 186 g/mol. The van der Waals surface area contributed by atoms with Gasteiger partial charge in [0.25, 0.3) is 0 Å². The quantitative estimate of drug-likeness (QED) is 0.688. The van der Waals surface area contributed by atoms with Crippen LogP contribution in [0.3, 0.4) is 0 Å². The number of nitrogens with two attached hydrogens (primary N) is 1. The van der Waals surface area contributed by atoms with Crippen LogP contribution < -0.4 is 5.73 Å². The van der Waals surface area contributed by atoms with E-state index in [2.05, 4.69) is 39.6 Å². The van der Waals surface area contributed by atoms with Crippen molar-refractivity contribution in [1.82, 2.24) is 4.90 Å². The third kappa shape index (κ3) is 4.63. The van der Waals surface area contributed by atoms with Crippen molar-refractivity contribution in [2.75, 3.05) is 20.1 Å². The summed E-state index contributed by atoms with van der Waals surface area (Å²) in [5, 5.41) is 0. The Morgan fingerprint density at radius 1 is 1.38 bits per heavy atom. The molecule has 0 bridgehead atoms. The molecule has 0 spiro atoms. The molecule has 80 valence electrons. The van der Waals surface area contributed by atoms with Crippen LogP contribution in [0, 0.1) is 5.92 Å². The lowest BCUT2D eigenvalue weighted by Gasteiger charge is -2.36. The number of likely N-dealkylation sites (N-methyl/N-ethyl adjacent to an activating group) is 1. The first-order valence-corrected chi connectivity index (χ1v) is 5.35. The Kier molecular flexibility index (Phi) is 5.57. The van der Waals surface area contributed by atoms with E-state index >= 15 is 0 Å². The zero-order valence-electron chi connectivity index (χ0n) is 9.93. The van der Waals surface area contributed by atoms with Gasteiger partial charge < -0.3 is 5.73 Å². The maximum atomic E-state index is 5.72. The van der Waals surface area contributed by atoms with E-state index in [-0.39, 0.29) is 5.54 Å². The number of rotatable bonds is 6. The summed E-state index contributed by atoms with van der Waals surface area (Å²) < 4.78 is 0. The van der Waals surface area contributed by atoms with Crippen molar-refractivity contribution in [2.45, 2.75) is 46.1 Å². The molecule has 0 aliphatic carbocycles. The lowest BCUT2D eigenvalue weighted by Crippen LogP contribution is -2.48. The molecule has 2 nitrogen and oxygen atoms in total. The molecular weight excluding hydrogens is 160 g/mol. The van der Waals surface area contributed by atoms with E-state index in [0.717, 1.165) is 19.0 Å². The van der Waals surface area contributed by atoms with Crippen LogP contribution in [-0.4, -0.2) is 30.6 Å².